The van der Waals surface area contributed by atoms with Gasteiger partial charge in [-0.05, 0) is 22.9 Å². The quantitative estimate of drug-likeness (QED) is 0.612. The van der Waals surface area contributed by atoms with E-state index in [0.717, 1.165) is 5.69 Å². The van der Waals surface area contributed by atoms with Crippen LogP contribution in [0.25, 0.3) is 0 Å². The van der Waals surface area contributed by atoms with Crippen LogP contribution in [0.5, 0.6) is 0 Å². The lowest BCUT2D eigenvalue weighted by molar-refractivity contribution is -0.389. The summed E-state index contributed by atoms with van der Waals surface area (Å²) in [5, 5.41) is 10.5. The van der Waals surface area contributed by atoms with Crippen molar-refractivity contribution in [1.82, 2.24) is 9.88 Å². The zero-order chi connectivity index (χ0) is 14.5. The third-order valence-electron chi connectivity index (χ3n) is 3.09. The molecule has 0 atom stereocenters. The van der Waals surface area contributed by atoms with Crippen molar-refractivity contribution in [1.29, 1.82) is 0 Å². The molecule has 0 saturated carbocycles. The van der Waals surface area contributed by atoms with E-state index in [1.807, 2.05) is 4.90 Å². The first kappa shape index (κ1) is 14.0. The first-order valence-corrected chi connectivity index (χ1v) is 6.39. The maximum atomic E-state index is 11.6. The summed E-state index contributed by atoms with van der Waals surface area (Å²) in [5.41, 5.74) is 0.819. The van der Waals surface area contributed by atoms with Crippen LogP contribution in [0.3, 0.4) is 0 Å². The Morgan fingerprint density at radius 1 is 1.40 bits per heavy atom. The second-order valence-corrected chi connectivity index (χ2v) is 4.30. The number of anilines is 1. The van der Waals surface area contributed by atoms with Crippen LogP contribution in [0.4, 0.5) is 16.3 Å². The summed E-state index contributed by atoms with van der Waals surface area (Å²) in [5.74, 6) is -0.168. The molecule has 2 rings (SSSR count). The van der Waals surface area contributed by atoms with Gasteiger partial charge in [0.05, 0.1) is 12.3 Å². The highest BCUT2D eigenvalue weighted by atomic mass is 16.6. The first-order chi connectivity index (χ1) is 9.61. The number of nitrogens with zero attached hydrogens (tertiary/aromatic N) is 4. The minimum Gasteiger partial charge on any atom is -0.450 e. The zero-order valence-corrected chi connectivity index (χ0v) is 11.2. The van der Waals surface area contributed by atoms with Crippen molar-refractivity contribution >= 4 is 17.6 Å². The number of rotatable bonds is 3. The Kier molecular flexibility index (Phi) is 4.34. The topological polar surface area (TPSA) is 88.8 Å². The van der Waals surface area contributed by atoms with Gasteiger partial charge >= 0.3 is 11.9 Å². The van der Waals surface area contributed by atoms with E-state index in [1.54, 1.807) is 17.9 Å². The predicted octanol–water partition coefficient (Wildman–Crippen LogP) is 1.27. The Balaban J connectivity index is 1.93. The van der Waals surface area contributed by atoms with E-state index in [4.69, 9.17) is 4.74 Å². The Hall–Kier alpha value is -2.38. The van der Waals surface area contributed by atoms with Crippen molar-refractivity contribution in [2.24, 2.45) is 0 Å². The second kappa shape index (κ2) is 6.18. The zero-order valence-electron chi connectivity index (χ0n) is 11.2. The number of amides is 1. The average molecular weight is 280 g/mol. The monoisotopic (exact) mass is 280 g/mol. The van der Waals surface area contributed by atoms with Crippen LogP contribution in [-0.2, 0) is 4.74 Å². The number of carbonyl (C=O) groups is 1. The van der Waals surface area contributed by atoms with E-state index in [1.165, 1.54) is 12.3 Å². The Labute approximate surface area is 116 Å². The molecule has 1 aromatic rings. The molecule has 1 amide bonds. The van der Waals surface area contributed by atoms with Gasteiger partial charge in [0.15, 0.2) is 6.20 Å². The molecule has 8 nitrogen and oxygen atoms in total. The fourth-order valence-electron chi connectivity index (χ4n) is 2.04. The summed E-state index contributed by atoms with van der Waals surface area (Å²) in [4.78, 5) is 29.0. The van der Waals surface area contributed by atoms with Crippen LogP contribution in [-0.4, -0.2) is 53.7 Å². The third kappa shape index (κ3) is 3.14. The molecule has 1 aromatic heterocycles. The number of hydrogen-bond acceptors (Lipinski definition) is 6. The highest BCUT2D eigenvalue weighted by Gasteiger charge is 2.22. The molecule has 2 heterocycles. The largest absolute Gasteiger partial charge is 0.450 e. The molecule has 0 aromatic carbocycles. The highest BCUT2D eigenvalue weighted by molar-refractivity contribution is 5.68. The normalized spacial score (nSPS) is 15.1. The summed E-state index contributed by atoms with van der Waals surface area (Å²) >= 11 is 0. The van der Waals surface area contributed by atoms with Gasteiger partial charge < -0.3 is 24.7 Å². The number of ether oxygens (including phenoxy) is 1. The molecule has 0 radical (unpaired) electrons. The van der Waals surface area contributed by atoms with Gasteiger partial charge in [-0.15, -0.1) is 0 Å². The predicted molar refractivity (Wildman–Crippen MR) is 71.7 cm³/mol. The highest BCUT2D eigenvalue weighted by Crippen LogP contribution is 2.18. The minimum atomic E-state index is -0.525. The first-order valence-electron chi connectivity index (χ1n) is 6.39. The van der Waals surface area contributed by atoms with Crippen LogP contribution in [0.2, 0.25) is 0 Å². The smallest absolute Gasteiger partial charge is 0.409 e. The maximum Gasteiger partial charge on any atom is 0.409 e. The molecule has 0 N–H and O–H groups in total. The van der Waals surface area contributed by atoms with Gasteiger partial charge in [0.2, 0.25) is 0 Å². The summed E-state index contributed by atoms with van der Waals surface area (Å²) in [6.07, 6.45) is 1.19. The van der Waals surface area contributed by atoms with Crippen molar-refractivity contribution in [3.8, 4) is 0 Å². The fourth-order valence-corrected chi connectivity index (χ4v) is 2.04. The van der Waals surface area contributed by atoms with Crippen molar-refractivity contribution in [2.75, 3.05) is 37.7 Å². The van der Waals surface area contributed by atoms with Crippen LogP contribution in [0.1, 0.15) is 6.92 Å². The van der Waals surface area contributed by atoms with Gasteiger partial charge in [-0.3, -0.25) is 0 Å². The Morgan fingerprint density at radius 2 is 2.10 bits per heavy atom. The lowest BCUT2D eigenvalue weighted by Gasteiger charge is -2.34. The van der Waals surface area contributed by atoms with Crippen LogP contribution in [0, 0.1) is 10.1 Å². The number of carbonyl (C=O) groups excluding carboxylic acids is 1. The Bertz CT molecular complexity index is 483. The van der Waals surface area contributed by atoms with Crippen molar-refractivity contribution in [3.63, 3.8) is 0 Å². The molecule has 0 spiro atoms. The maximum absolute atomic E-state index is 11.6. The second-order valence-electron chi connectivity index (χ2n) is 4.30. The lowest BCUT2D eigenvalue weighted by atomic mass is 10.3. The van der Waals surface area contributed by atoms with Crippen molar-refractivity contribution in [3.05, 3.63) is 28.4 Å². The van der Waals surface area contributed by atoms with Gasteiger partial charge in [0.25, 0.3) is 0 Å². The molecule has 0 bridgehead atoms. The lowest BCUT2D eigenvalue weighted by Crippen LogP contribution is -2.49. The van der Waals surface area contributed by atoms with Gasteiger partial charge in [-0.1, -0.05) is 0 Å². The number of aromatic nitrogens is 1. The van der Waals surface area contributed by atoms with E-state index in [2.05, 4.69) is 4.98 Å². The van der Waals surface area contributed by atoms with E-state index >= 15 is 0 Å². The summed E-state index contributed by atoms with van der Waals surface area (Å²) in [6, 6.07) is 3.05. The molecular weight excluding hydrogens is 264 g/mol. The summed E-state index contributed by atoms with van der Waals surface area (Å²) in [6.45, 7) is 4.57. The average Bonchev–Trinajstić information content (AvgIpc) is 2.48. The van der Waals surface area contributed by atoms with Crippen molar-refractivity contribution < 1.29 is 14.5 Å². The van der Waals surface area contributed by atoms with Crippen molar-refractivity contribution in [2.45, 2.75) is 6.92 Å². The Morgan fingerprint density at radius 3 is 2.60 bits per heavy atom. The number of piperazine rings is 1. The van der Waals surface area contributed by atoms with Crippen LogP contribution in [0.15, 0.2) is 18.3 Å². The summed E-state index contributed by atoms with van der Waals surface area (Å²) < 4.78 is 4.95. The summed E-state index contributed by atoms with van der Waals surface area (Å²) in [7, 11) is 0. The standard InChI is InChI=1S/C12H16N4O4/c1-2-20-12(17)15-7-5-14(6-8-15)10-3-4-11(13-9-10)16(18)19/h3-4,9H,2,5-8H2,1H3. The van der Waals surface area contributed by atoms with Crippen LogP contribution >= 0.6 is 0 Å². The molecular formula is C12H16N4O4. The van der Waals surface area contributed by atoms with Crippen LogP contribution < -0.4 is 4.90 Å². The number of hydrogen-bond donors (Lipinski definition) is 0. The SMILES string of the molecule is CCOC(=O)N1CCN(c2ccc([N+](=O)[O-])nc2)CC1. The molecule has 1 aliphatic rings. The van der Waals surface area contributed by atoms with Gasteiger partial charge in [0.1, 0.15) is 0 Å². The third-order valence-corrected chi connectivity index (χ3v) is 3.09. The minimum absolute atomic E-state index is 0.168. The molecule has 8 heteroatoms. The van der Waals surface area contributed by atoms with Gasteiger partial charge in [0, 0.05) is 32.2 Å². The van der Waals surface area contributed by atoms with Gasteiger partial charge in [-0.2, -0.15) is 0 Å². The van der Waals surface area contributed by atoms with E-state index in [0.29, 0.717) is 32.8 Å². The fraction of sp³-hybridized carbons (Fsp3) is 0.500. The van der Waals surface area contributed by atoms with E-state index in [-0.39, 0.29) is 11.9 Å². The molecule has 20 heavy (non-hydrogen) atoms. The molecule has 1 saturated heterocycles. The van der Waals surface area contributed by atoms with E-state index < -0.39 is 4.92 Å². The molecule has 1 fully saturated rings. The molecule has 0 aliphatic carbocycles. The van der Waals surface area contributed by atoms with Gasteiger partial charge in [-0.25, -0.2) is 4.79 Å². The number of pyridine rings is 1. The molecule has 0 unspecified atom stereocenters. The van der Waals surface area contributed by atoms with E-state index in [9.17, 15) is 14.9 Å². The molecule has 1 aliphatic heterocycles. The number of nitro groups is 1. The molecule has 108 valence electrons.